The van der Waals surface area contributed by atoms with Crippen LogP contribution in [-0.2, 0) is 11.2 Å². The molecule has 2 aromatic carbocycles. The normalized spacial score (nSPS) is 9.71. The number of carbonyl (C=O) groups is 1. The van der Waals surface area contributed by atoms with Gasteiger partial charge in [0.1, 0.15) is 11.8 Å². The number of ether oxygens (including phenoxy) is 1. The van der Waals surface area contributed by atoms with Gasteiger partial charge in [0, 0.05) is 6.42 Å². The van der Waals surface area contributed by atoms with Crippen molar-refractivity contribution in [3.63, 3.8) is 0 Å². The van der Waals surface area contributed by atoms with E-state index in [1.54, 1.807) is 31.4 Å². The summed E-state index contributed by atoms with van der Waals surface area (Å²) in [6.45, 7) is 0. The van der Waals surface area contributed by atoms with E-state index in [0.29, 0.717) is 24.1 Å². The first-order chi connectivity index (χ1) is 10.2. The molecule has 0 fully saturated rings. The molecule has 0 saturated carbocycles. The summed E-state index contributed by atoms with van der Waals surface area (Å²) >= 11 is 0. The van der Waals surface area contributed by atoms with E-state index < -0.39 is 0 Å². The predicted octanol–water partition coefficient (Wildman–Crippen LogP) is 3.14. The Hall–Kier alpha value is -2.80. The van der Waals surface area contributed by atoms with Crippen LogP contribution in [0.5, 0.6) is 5.75 Å². The summed E-state index contributed by atoms with van der Waals surface area (Å²) in [5, 5.41) is 11.7. The Morgan fingerprint density at radius 3 is 2.57 bits per heavy atom. The molecule has 0 aliphatic heterocycles. The number of hydrogen-bond donors (Lipinski definition) is 1. The number of para-hydroxylation sites is 1. The SMILES string of the molecule is COc1ccc(CCC(=O)Nc2ccccc2C#N)cc1. The molecule has 0 atom stereocenters. The topological polar surface area (TPSA) is 62.1 Å². The third kappa shape index (κ3) is 4.08. The molecule has 0 radical (unpaired) electrons. The van der Waals surface area contributed by atoms with Crippen molar-refractivity contribution < 1.29 is 9.53 Å². The second kappa shape index (κ2) is 7.11. The highest BCUT2D eigenvalue weighted by Crippen LogP contribution is 2.15. The van der Waals surface area contributed by atoms with Crippen molar-refractivity contribution in [2.24, 2.45) is 0 Å². The summed E-state index contributed by atoms with van der Waals surface area (Å²) in [7, 11) is 1.62. The quantitative estimate of drug-likeness (QED) is 0.915. The Labute approximate surface area is 124 Å². The van der Waals surface area contributed by atoms with Gasteiger partial charge in [-0.15, -0.1) is 0 Å². The molecule has 0 aromatic heterocycles. The molecule has 4 nitrogen and oxygen atoms in total. The lowest BCUT2D eigenvalue weighted by atomic mass is 10.1. The Kier molecular flexibility index (Phi) is 4.94. The second-order valence-electron chi connectivity index (χ2n) is 4.55. The average molecular weight is 280 g/mol. The Morgan fingerprint density at radius 2 is 1.90 bits per heavy atom. The Balaban J connectivity index is 1.91. The molecule has 0 aliphatic rings. The first kappa shape index (κ1) is 14.6. The number of amides is 1. The van der Waals surface area contributed by atoms with E-state index in [1.165, 1.54) is 0 Å². The van der Waals surface area contributed by atoms with Crippen molar-refractivity contribution in [2.45, 2.75) is 12.8 Å². The molecule has 0 spiro atoms. The van der Waals surface area contributed by atoms with Crippen LogP contribution in [0.3, 0.4) is 0 Å². The number of nitrogens with zero attached hydrogens (tertiary/aromatic N) is 1. The van der Waals surface area contributed by atoms with Crippen molar-refractivity contribution in [2.75, 3.05) is 12.4 Å². The van der Waals surface area contributed by atoms with E-state index in [-0.39, 0.29) is 5.91 Å². The molecule has 1 amide bonds. The van der Waals surface area contributed by atoms with Crippen LogP contribution in [-0.4, -0.2) is 13.0 Å². The summed E-state index contributed by atoms with van der Waals surface area (Å²) in [4.78, 5) is 11.9. The lowest BCUT2D eigenvalue weighted by molar-refractivity contribution is -0.116. The van der Waals surface area contributed by atoms with Crippen LogP contribution >= 0.6 is 0 Å². The van der Waals surface area contributed by atoms with Crippen molar-refractivity contribution in [3.8, 4) is 11.8 Å². The molecular formula is C17H16N2O2. The van der Waals surface area contributed by atoms with Crippen molar-refractivity contribution in [3.05, 3.63) is 59.7 Å². The third-order valence-electron chi connectivity index (χ3n) is 3.12. The maximum Gasteiger partial charge on any atom is 0.224 e. The molecule has 1 N–H and O–H groups in total. The number of benzene rings is 2. The van der Waals surface area contributed by atoms with Gasteiger partial charge in [-0.2, -0.15) is 5.26 Å². The molecule has 4 heteroatoms. The van der Waals surface area contributed by atoms with Gasteiger partial charge in [0.15, 0.2) is 0 Å². The van der Waals surface area contributed by atoms with Crippen molar-refractivity contribution in [1.29, 1.82) is 5.26 Å². The summed E-state index contributed by atoms with van der Waals surface area (Å²) in [5.74, 6) is 0.694. The van der Waals surface area contributed by atoms with Crippen molar-refractivity contribution >= 4 is 11.6 Å². The van der Waals surface area contributed by atoms with Gasteiger partial charge in [-0.25, -0.2) is 0 Å². The van der Waals surface area contributed by atoms with E-state index in [9.17, 15) is 4.79 Å². The Morgan fingerprint density at radius 1 is 1.19 bits per heavy atom. The molecule has 106 valence electrons. The van der Waals surface area contributed by atoms with Crippen LogP contribution in [0.2, 0.25) is 0 Å². The largest absolute Gasteiger partial charge is 0.497 e. The number of anilines is 1. The molecule has 2 aromatic rings. The Bertz CT molecular complexity index is 657. The fourth-order valence-electron chi connectivity index (χ4n) is 1.95. The fraction of sp³-hybridized carbons (Fsp3) is 0.176. The fourth-order valence-corrected chi connectivity index (χ4v) is 1.95. The van der Waals surface area contributed by atoms with E-state index in [1.807, 2.05) is 24.3 Å². The van der Waals surface area contributed by atoms with E-state index >= 15 is 0 Å². The summed E-state index contributed by atoms with van der Waals surface area (Å²) in [6, 6.07) is 16.7. The highest BCUT2D eigenvalue weighted by Gasteiger charge is 2.06. The van der Waals surface area contributed by atoms with Gasteiger partial charge >= 0.3 is 0 Å². The van der Waals surface area contributed by atoms with Gasteiger partial charge in [-0.3, -0.25) is 4.79 Å². The van der Waals surface area contributed by atoms with Gasteiger partial charge in [0.25, 0.3) is 0 Å². The smallest absolute Gasteiger partial charge is 0.224 e. The highest BCUT2D eigenvalue weighted by molar-refractivity contribution is 5.92. The summed E-state index contributed by atoms with van der Waals surface area (Å²) < 4.78 is 5.09. The summed E-state index contributed by atoms with van der Waals surface area (Å²) in [5.41, 5.74) is 2.09. The molecule has 0 saturated heterocycles. The monoisotopic (exact) mass is 280 g/mol. The standard InChI is InChI=1S/C17H16N2O2/c1-21-15-9-6-13(7-10-15)8-11-17(20)19-16-5-3-2-4-14(16)12-18/h2-7,9-10H,8,11H2,1H3,(H,19,20). The third-order valence-corrected chi connectivity index (χ3v) is 3.12. The van der Waals surface area contributed by atoms with Gasteiger partial charge in [-0.05, 0) is 36.2 Å². The van der Waals surface area contributed by atoms with Gasteiger partial charge in [0.2, 0.25) is 5.91 Å². The van der Waals surface area contributed by atoms with Crippen LogP contribution in [0.25, 0.3) is 0 Å². The molecule has 0 bridgehead atoms. The van der Waals surface area contributed by atoms with Gasteiger partial charge in [0.05, 0.1) is 18.4 Å². The van der Waals surface area contributed by atoms with Crippen LogP contribution in [0.15, 0.2) is 48.5 Å². The number of nitriles is 1. The zero-order valence-electron chi connectivity index (χ0n) is 11.8. The predicted molar refractivity (Wildman–Crippen MR) is 81.1 cm³/mol. The highest BCUT2D eigenvalue weighted by atomic mass is 16.5. The molecular weight excluding hydrogens is 264 g/mol. The van der Waals surface area contributed by atoms with Crippen molar-refractivity contribution in [1.82, 2.24) is 0 Å². The number of aryl methyl sites for hydroxylation is 1. The maximum atomic E-state index is 11.9. The number of methoxy groups -OCH3 is 1. The summed E-state index contributed by atoms with van der Waals surface area (Å²) in [6.07, 6.45) is 1.01. The number of nitrogens with one attached hydrogen (secondary N) is 1. The second-order valence-corrected chi connectivity index (χ2v) is 4.55. The first-order valence-corrected chi connectivity index (χ1v) is 6.65. The zero-order valence-corrected chi connectivity index (χ0v) is 11.8. The number of hydrogen-bond acceptors (Lipinski definition) is 3. The minimum Gasteiger partial charge on any atom is -0.497 e. The molecule has 21 heavy (non-hydrogen) atoms. The molecule has 0 unspecified atom stereocenters. The average Bonchev–Trinajstić information content (AvgIpc) is 2.54. The molecule has 0 heterocycles. The number of rotatable bonds is 5. The minimum absolute atomic E-state index is 0.103. The number of carbonyl (C=O) groups excluding carboxylic acids is 1. The van der Waals surface area contributed by atoms with Crippen LogP contribution in [0.1, 0.15) is 17.5 Å². The van der Waals surface area contributed by atoms with E-state index in [4.69, 9.17) is 10.00 Å². The maximum absolute atomic E-state index is 11.9. The van der Waals surface area contributed by atoms with Crippen LogP contribution < -0.4 is 10.1 Å². The van der Waals surface area contributed by atoms with Gasteiger partial charge in [-0.1, -0.05) is 24.3 Å². The first-order valence-electron chi connectivity index (χ1n) is 6.65. The zero-order chi connectivity index (χ0) is 15.1. The van der Waals surface area contributed by atoms with E-state index in [0.717, 1.165) is 11.3 Å². The van der Waals surface area contributed by atoms with Gasteiger partial charge < -0.3 is 10.1 Å². The van der Waals surface area contributed by atoms with Crippen LogP contribution in [0.4, 0.5) is 5.69 Å². The van der Waals surface area contributed by atoms with Crippen LogP contribution in [0, 0.1) is 11.3 Å². The minimum atomic E-state index is -0.103. The lowest BCUT2D eigenvalue weighted by Gasteiger charge is -2.07. The lowest BCUT2D eigenvalue weighted by Crippen LogP contribution is -2.13. The van der Waals surface area contributed by atoms with E-state index in [2.05, 4.69) is 11.4 Å². The molecule has 0 aliphatic carbocycles. The molecule has 2 rings (SSSR count).